The number of rotatable bonds is 3. The van der Waals surface area contributed by atoms with Gasteiger partial charge in [-0.2, -0.15) is 0 Å². The second kappa shape index (κ2) is 4.39. The molecular weight excluding hydrogens is 230 g/mol. The normalized spacial score (nSPS) is 10.4. The summed E-state index contributed by atoms with van der Waals surface area (Å²) in [4.78, 5) is 9.78. The molecule has 0 radical (unpaired) electrons. The summed E-state index contributed by atoms with van der Waals surface area (Å²) in [5.41, 5.74) is 0.0817. The summed E-state index contributed by atoms with van der Waals surface area (Å²) < 4.78 is 20.7. The van der Waals surface area contributed by atoms with Gasteiger partial charge in [0.2, 0.25) is 0 Å². The first-order valence-corrected chi connectivity index (χ1v) is 5.29. The predicted molar refractivity (Wildman–Crippen MR) is 52.1 cm³/mol. The fraction of sp³-hybridized carbons (Fsp3) is 0.143. The lowest BCUT2D eigenvalue weighted by atomic mass is 10.2. The second-order valence-corrected chi connectivity index (χ2v) is 3.92. The molecule has 1 aromatic rings. The number of hydrogen-bond donors (Lipinski definition) is 1. The molecule has 0 aliphatic rings. The van der Waals surface area contributed by atoms with E-state index in [0.29, 0.717) is 5.56 Å². The van der Waals surface area contributed by atoms with Crippen molar-refractivity contribution in [3.8, 4) is 0 Å². The van der Waals surface area contributed by atoms with E-state index in [1.165, 1.54) is 12.1 Å². The molecule has 76 valence electrons. The maximum absolute atomic E-state index is 10.4. The molecule has 1 aromatic carbocycles. The third-order valence-corrected chi connectivity index (χ3v) is 2.46. The van der Waals surface area contributed by atoms with E-state index in [2.05, 4.69) is 0 Å². The molecule has 0 aromatic heterocycles. The Hall–Kier alpha value is -1.14. The number of benzene rings is 1. The minimum atomic E-state index is -2.58. The Morgan fingerprint density at radius 3 is 2.57 bits per heavy atom. The summed E-state index contributed by atoms with van der Waals surface area (Å²) in [5.74, 6) is -0.215. The van der Waals surface area contributed by atoms with Gasteiger partial charge in [-0.1, -0.05) is 17.7 Å². The zero-order chi connectivity index (χ0) is 10.7. The largest absolute Gasteiger partial charge is 0.288 e. The van der Waals surface area contributed by atoms with E-state index in [9.17, 15) is 18.5 Å². The van der Waals surface area contributed by atoms with Crippen molar-refractivity contribution in [1.29, 1.82) is 0 Å². The van der Waals surface area contributed by atoms with Crippen molar-refractivity contribution in [2.45, 2.75) is 5.75 Å². The van der Waals surface area contributed by atoms with Crippen molar-refractivity contribution < 1.29 is 13.3 Å². The first-order valence-electron chi connectivity index (χ1n) is 3.55. The number of thiol groups is 1. The molecule has 5 nitrogen and oxygen atoms in total. The lowest BCUT2D eigenvalue weighted by molar-refractivity contribution is -0.384. The Kier molecular flexibility index (Phi) is 3.43. The molecular formula is C7H6ClNO4S. The molecule has 0 saturated heterocycles. The van der Waals surface area contributed by atoms with Gasteiger partial charge in [-0.3, -0.25) is 10.1 Å². The first-order chi connectivity index (χ1) is 6.50. The summed E-state index contributed by atoms with van der Waals surface area (Å²) in [6.45, 7) is 0. The van der Waals surface area contributed by atoms with Crippen molar-refractivity contribution in [3.05, 3.63) is 38.9 Å². The maximum Gasteiger partial charge on any atom is 0.288 e. The molecule has 0 aliphatic carbocycles. The molecule has 7 heteroatoms. The fourth-order valence-corrected chi connectivity index (χ4v) is 1.63. The third-order valence-electron chi connectivity index (χ3n) is 1.52. The molecule has 0 spiro atoms. The highest BCUT2D eigenvalue weighted by atomic mass is 35.5. The third kappa shape index (κ3) is 2.68. The molecule has 0 atom stereocenters. The van der Waals surface area contributed by atoms with Crippen LogP contribution >= 0.6 is 11.6 Å². The van der Waals surface area contributed by atoms with Gasteiger partial charge in [-0.05, 0) is 11.6 Å². The Balaban J connectivity index is 3.12. The Labute approximate surface area is 86.4 Å². The first kappa shape index (κ1) is 10.9. The SMILES string of the molecule is O=[N+]([O-])c1cc(C[SH](=O)=O)ccc1Cl. The molecule has 0 fully saturated rings. The standard InChI is InChI=1S/C7H6ClNO4S/c8-6-2-1-5(4-14(12)13)3-7(6)9(10)11/h1-3,14H,4H2. The summed E-state index contributed by atoms with van der Waals surface area (Å²) in [6, 6.07) is 3.92. The zero-order valence-electron chi connectivity index (χ0n) is 6.84. The Morgan fingerprint density at radius 1 is 1.43 bits per heavy atom. The van der Waals surface area contributed by atoms with Gasteiger partial charge in [0.15, 0.2) is 0 Å². The van der Waals surface area contributed by atoms with Crippen molar-refractivity contribution in [2.75, 3.05) is 0 Å². The van der Waals surface area contributed by atoms with E-state index in [0.717, 1.165) is 6.07 Å². The van der Waals surface area contributed by atoms with Crippen LogP contribution in [0.2, 0.25) is 5.02 Å². The maximum atomic E-state index is 10.4. The minimum absolute atomic E-state index is 0.000115. The summed E-state index contributed by atoms with van der Waals surface area (Å²) in [7, 11) is -2.58. The van der Waals surface area contributed by atoms with E-state index in [1.807, 2.05) is 0 Å². The second-order valence-electron chi connectivity index (χ2n) is 2.53. The summed E-state index contributed by atoms with van der Waals surface area (Å²) >= 11 is 5.54. The van der Waals surface area contributed by atoms with Crippen LogP contribution in [0.3, 0.4) is 0 Å². The molecule has 0 aliphatic heterocycles. The molecule has 0 heterocycles. The number of nitrogens with zero attached hydrogens (tertiary/aromatic N) is 1. The number of nitro benzene ring substituents is 1. The molecule has 1 rings (SSSR count). The molecule has 0 N–H and O–H groups in total. The topological polar surface area (TPSA) is 77.3 Å². The molecule has 0 saturated carbocycles. The highest BCUT2D eigenvalue weighted by Crippen LogP contribution is 2.25. The number of halogens is 1. The molecule has 14 heavy (non-hydrogen) atoms. The van der Waals surface area contributed by atoms with E-state index >= 15 is 0 Å². The van der Waals surface area contributed by atoms with Crippen LogP contribution in [0.25, 0.3) is 0 Å². The number of nitro groups is 1. The van der Waals surface area contributed by atoms with E-state index < -0.39 is 15.6 Å². The van der Waals surface area contributed by atoms with Gasteiger partial charge in [0.25, 0.3) is 5.69 Å². The van der Waals surface area contributed by atoms with Crippen LogP contribution in [0.15, 0.2) is 18.2 Å². The van der Waals surface area contributed by atoms with Crippen LogP contribution in [0.1, 0.15) is 5.56 Å². The van der Waals surface area contributed by atoms with Crippen LogP contribution in [0.5, 0.6) is 0 Å². The lowest BCUT2D eigenvalue weighted by Crippen LogP contribution is -1.92. The average molecular weight is 236 g/mol. The summed E-state index contributed by atoms with van der Waals surface area (Å²) in [6.07, 6.45) is 0. The quantitative estimate of drug-likeness (QED) is 0.488. The van der Waals surface area contributed by atoms with E-state index in [-0.39, 0.29) is 16.5 Å². The van der Waals surface area contributed by atoms with Crippen molar-refractivity contribution in [1.82, 2.24) is 0 Å². The van der Waals surface area contributed by atoms with Crippen molar-refractivity contribution in [3.63, 3.8) is 0 Å². The number of hydrogen-bond acceptors (Lipinski definition) is 4. The van der Waals surface area contributed by atoms with Crippen LogP contribution in [-0.4, -0.2) is 13.3 Å². The molecule has 0 bridgehead atoms. The van der Waals surface area contributed by atoms with Gasteiger partial charge < -0.3 is 0 Å². The molecule has 0 amide bonds. The monoisotopic (exact) mass is 235 g/mol. The fourth-order valence-electron chi connectivity index (χ4n) is 0.946. The van der Waals surface area contributed by atoms with E-state index in [1.54, 1.807) is 0 Å². The van der Waals surface area contributed by atoms with Gasteiger partial charge >= 0.3 is 0 Å². The molecule has 0 unspecified atom stereocenters. The van der Waals surface area contributed by atoms with Crippen molar-refractivity contribution >= 4 is 28.0 Å². The lowest BCUT2D eigenvalue weighted by Gasteiger charge is -1.97. The zero-order valence-corrected chi connectivity index (χ0v) is 8.49. The van der Waals surface area contributed by atoms with Crippen molar-refractivity contribution in [2.24, 2.45) is 0 Å². The van der Waals surface area contributed by atoms with Gasteiger partial charge in [0.05, 0.1) is 10.7 Å². The predicted octanol–water partition coefficient (Wildman–Crippen LogP) is 1.36. The Morgan fingerprint density at radius 2 is 2.07 bits per heavy atom. The van der Waals surface area contributed by atoms with Crippen LogP contribution in [0, 0.1) is 10.1 Å². The van der Waals surface area contributed by atoms with Gasteiger partial charge in [0, 0.05) is 6.07 Å². The minimum Gasteiger partial charge on any atom is -0.258 e. The van der Waals surface area contributed by atoms with Gasteiger partial charge in [0.1, 0.15) is 15.7 Å². The van der Waals surface area contributed by atoms with Crippen LogP contribution in [-0.2, 0) is 16.5 Å². The van der Waals surface area contributed by atoms with Crippen LogP contribution in [0.4, 0.5) is 5.69 Å². The average Bonchev–Trinajstić information content (AvgIpc) is 2.07. The highest BCUT2D eigenvalue weighted by molar-refractivity contribution is 7.71. The summed E-state index contributed by atoms with van der Waals surface area (Å²) in [5, 5.41) is 10.4. The van der Waals surface area contributed by atoms with Crippen LogP contribution < -0.4 is 0 Å². The van der Waals surface area contributed by atoms with Gasteiger partial charge in [-0.15, -0.1) is 0 Å². The van der Waals surface area contributed by atoms with E-state index in [4.69, 9.17) is 11.6 Å². The smallest absolute Gasteiger partial charge is 0.258 e. The van der Waals surface area contributed by atoms with Gasteiger partial charge in [-0.25, -0.2) is 8.42 Å². The highest BCUT2D eigenvalue weighted by Gasteiger charge is 2.12. The Bertz CT molecular complexity index is 435.